The maximum absolute atomic E-state index is 11.7. The fourth-order valence-electron chi connectivity index (χ4n) is 2.03. The molecule has 2 rings (SSSR count). The van der Waals surface area contributed by atoms with Gasteiger partial charge in [0.1, 0.15) is 5.78 Å². The number of ketones is 1. The maximum Gasteiger partial charge on any atom is 0.138 e. The van der Waals surface area contributed by atoms with Crippen molar-refractivity contribution in [3.8, 4) is 0 Å². The number of carbonyl (C=O) groups excluding carboxylic acids is 1. The summed E-state index contributed by atoms with van der Waals surface area (Å²) in [7, 11) is 0. The highest BCUT2D eigenvalue weighted by atomic mass is 16.5. The van der Waals surface area contributed by atoms with Gasteiger partial charge in [0, 0.05) is 12.3 Å². The molecular weight excluding hydrogens is 176 g/mol. The molecule has 2 heterocycles. The van der Waals surface area contributed by atoms with E-state index in [-0.39, 0.29) is 18.1 Å². The Morgan fingerprint density at radius 1 is 1.43 bits per heavy atom. The fourth-order valence-corrected chi connectivity index (χ4v) is 2.03. The van der Waals surface area contributed by atoms with Crippen LogP contribution in [0.3, 0.4) is 0 Å². The Morgan fingerprint density at radius 2 is 2.21 bits per heavy atom. The monoisotopic (exact) mass is 192 g/mol. The third-order valence-electron chi connectivity index (χ3n) is 3.10. The largest absolute Gasteiger partial charge is 0.362 e. The van der Waals surface area contributed by atoms with Crippen LogP contribution in [0.15, 0.2) is 24.3 Å². The van der Waals surface area contributed by atoms with E-state index in [4.69, 9.17) is 4.74 Å². The Labute approximate surface area is 84.6 Å². The average Bonchev–Trinajstić information content (AvgIpc) is 2.64. The van der Waals surface area contributed by atoms with Crippen LogP contribution >= 0.6 is 0 Å². The van der Waals surface area contributed by atoms with Crippen LogP contribution in [0.25, 0.3) is 0 Å². The van der Waals surface area contributed by atoms with Gasteiger partial charge in [0.2, 0.25) is 0 Å². The highest BCUT2D eigenvalue weighted by Gasteiger charge is 2.30. The third-order valence-corrected chi connectivity index (χ3v) is 3.10. The number of carbonyl (C=O) groups is 1. The molecule has 1 fully saturated rings. The van der Waals surface area contributed by atoms with Crippen molar-refractivity contribution >= 4 is 5.78 Å². The van der Waals surface area contributed by atoms with Crippen LogP contribution in [0.5, 0.6) is 0 Å². The number of ether oxygens (including phenoxy) is 1. The molecule has 2 aliphatic heterocycles. The molecule has 0 aromatic rings. The predicted molar refractivity (Wildman–Crippen MR) is 55.0 cm³/mol. The normalized spacial score (nSPS) is 37.9. The summed E-state index contributed by atoms with van der Waals surface area (Å²) in [6, 6.07) is 0. The molecule has 2 nitrogen and oxygen atoms in total. The molecule has 2 bridgehead atoms. The zero-order chi connectivity index (χ0) is 10.1. The van der Waals surface area contributed by atoms with Gasteiger partial charge in [-0.15, -0.1) is 0 Å². The van der Waals surface area contributed by atoms with Crippen LogP contribution in [-0.4, -0.2) is 18.0 Å². The highest BCUT2D eigenvalue weighted by Crippen LogP contribution is 2.28. The summed E-state index contributed by atoms with van der Waals surface area (Å²) in [5, 5.41) is 0. The quantitative estimate of drug-likeness (QED) is 0.550. The van der Waals surface area contributed by atoms with Crippen molar-refractivity contribution in [1.29, 1.82) is 0 Å². The van der Waals surface area contributed by atoms with E-state index < -0.39 is 0 Å². The molecule has 0 aromatic heterocycles. The number of hydrogen-bond donors (Lipinski definition) is 0. The first kappa shape index (κ1) is 9.66. The van der Waals surface area contributed by atoms with Crippen molar-refractivity contribution < 1.29 is 9.53 Å². The minimum atomic E-state index is -0.0256. The Hall–Kier alpha value is -0.890. The molecule has 2 heteroatoms. The summed E-state index contributed by atoms with van der Waals surface area (Å²) < 4.78 is 5.75. The lowest BCUT2D eigenvalue weighted by molar-refractivity contribution is -0.125. The summed E-state index contributed by atoms with van der Waals surface area (Å²) in [5.74, 6) is 0.317. The van der Waals surface area contributed by atoms with Crippen molar-refractivity contribution in [2.24, 2.45) is 5.92 Å². The second kappa shape index (κ2) is 3.70. The van der Waals surface area contributed by atoms with E-state index >= 15 is 0 Å². The maximum atomic E-state index is 11.7. The van der Waals surface area contributed by atoms with Crippen LogP contribution in [0, 0.1) is 5.92 Å². The van der Waals surface area contributed by atoms with Gasteiger partial charge in [-0.1, -0.05) is 25.7 Å². The van der Waals surface area contributed by atoms with Crippen LogP contribution < -0.4 is 0 Å². The summed E-state index contributed by atoms with van der Waals surface area (Å²) in [6.45, 7) is 5.95. The lowest BCUT2D eigenvalue weighted by Crippen LogP contribution is -2.25. The molecular formula is C12H16O2. The topological polar surface area (TPSA) is 26.3 Å². The molecule has 1 unspecified atom stereocenters. The zero-order valence-electron chi connectivity index (χ0n) is 8.53. The SMILES string of the molecule is C=C1CCCC(=O)[C@@H](C)C2C=C[C@@H]1O2. The van der Waals surface area contributed by atoms with Crippen molar-refractivity contribution in [2.75, 3.05) is 0 Å². The van der Waals surface area contributed by atoms with E-state index in [1.165, 1.54) is 0 Å². The lowest BCUT2D eigenvalue weighted by Gasteiger charge is -2.17. The molecule has 76 valence electrons. The average molecular weight is 192 g/mol. The number of hydrogen-bond acceptors (Lipinski definition) is 2. The van der Waals surface area contributed by atoms with Crippen LogP contribution in [0.4, 0.5) is 0 Å². The third kappa shape index (κ3) is 1.67. The van der Waals surface area contributed by atoms with Crippen molar-refractivity contribution in [3.05, 3.63) is 24.3 Å². The van der Waals surface area contributed by atoms with Gasteiger partial charge < -0.3 is 4.74 Å². The summed E-state index contributed by atoms with van der Waals surface area (Å²) in [6.07, 6.45) is 6.55. The standard InChI is InChI=1S/C12H16O2/c1-8-4-3-5-10(13)9(2)12-7-6-11(8)14-12/h6-7,9,11-12H,1,3-5H2,2H3/t9-,11+,12?/m1/s1. The second-order valence-corrected chi connectivity index (χ2v) is 4.17. The molecule has 1 saturated heterocycles. The van der Waals surface area contributed by atoms with E-state index in [9.17, 15) is 4.79 Å². The Morgan fingerprint density at radius 3 is 3.00 bits per heavy atom. The highest BCUT2D eigenvalue weighted by molar-refractivity contribution is 5.81. The van der Waals surface area contributed by atoms with Crippen molar-refractivity contribution in [3.63, 3.8) is 0 Å². The Bertz CT molecular complexity index is 291. The summed E-state index contributed by atoms with van der Waals surface area (Å²) in [5.41, 5.74) is 1.10. The summed E-state index contributed by atoms with van der Waals surface area (Å²) in [4.78, 5) is 11.7. The van der Waals surface area contributed by atoms with Gasteiger partial charge in [0.25, 0.3) is 0 Å². The lowest BCUT2D eigenvalue weighted by atomic mass is 9.94. The van der Waals surface area contributed by atoms with Crippen LogP contribution in [0.2, 0.25) is 0 Å². The minimum absolute atomic E-state index is 0.00199. The van der Waals surface area contributed by atoms with Crippen LogP contribution in [-0.2, 0) is 9.53 Å². The number of rotatable bonds is 0. The van der Waals surface area contributed by atoms with Crippen molar-refractivity contribution in [1.82, 2.24) is 0 Å². The van der Waals surface area contributed by atoms with Gasteiger partial charge in [0.05, 0.1) is 12.2 Å². The van der Waals surface area contributed by atoms with E-state index in [1.807, 2.05) is 19.1 Å². The molecule has 0 aliphatic carbocycles. The molecule has 3 atom stereocenters. The first-order valence-corrected chi connectivity index (χ1v) is 5.22. The van der Waals surface area contributed by atoms with Gasteiger partial charge in [0.15, 0.2) is 0 Å². The van der Waals surface area contributed by atoms with E-state index in [0.717, 1.165) is 18.4 Å². The summed E-state index contributed by atoms with van der Waals surface area (Å²) >= 11 is 0. The van der Waals surface area contributed by atoms with Gasteiger partial charge >= 0.3 is 0 Å². The molecule has 2 aliphatic rings. The Balaban J connectivity index is 2.19. The van der Waals surface area contributed by atoms with Gasteiger partial charge in [-0.3, -0.25) is 4.79 Å². The Kier molecular flexibility index (Phi) is 2.55. The smallest absolute Gasteiger partial charge is 0.138 e. The van der Waals surface area contributed by atoms with E-state index in [2.05, 4.69) is 6.58 Å². The molecule has 0 amide bonds. The number of Topliss-reactive ketones (excluding diaryl/α,β-unsaturated/α-hetero) is 1. The molecule has 14 heavy (non-hydrogen) atoms. The van der Waals surface area contributed by atoms with Crippen LogP contribution in [0.1, 0.15) is 26.2 Å². The molecule has 0 radical (unpaired) electrons. The zero-order valence-corrected chi connectivity index (χ0v) is 8.53. The minimum Gasteiger partial charge on any atom is -0.362 e. The second-order valence-electron chi connectivity index (χ2n) is 4.17. The van der Waals surface area contributed by atoms with E-state index in [0.29, 0.717) is 12.2 Å². The van der Waals surface area contributed by atoms with E-state index in [1.54, 1.807) is 0 Å². The first-order chi connectivity index (χ1) is 6.68. The van der Waals surface area contributed by atoms with Crippen molar-refractivity contribution in [2.45, 2.75) is 38.4 Å². The van der Waals surface area contributed by atoms with Gasteiger partial charge in [-0.25, -0.2) is 0 Å². The molecule has 0 aromatic carbocycles. The molecule has 0 N–H and O–H groups in total. The first-order valence-electron chi connectivity index (χ1n) is 5.22. The predicted octanol–water partition coefficient (Wildman–Crippen LogP) is 2.26. The molecule has 0 saturated carbocycles. The molecule has 0 spiro atoms. The number of fused-ring (bicyclic) bond motifs is 2. The van der Waals surface area contributed by atoms with Gasteiger partial charge in [-0.2, -0.15) is 0 Å². The van der Waals surface area contributed by atoms with Gasteiger partial charge in [-0.05, 0) is 18.4 Å². The fraction of sp³-hybridized carbons (Fsp3) is 0.583.